The van der Waals surface area contributed by atoms with Crippen molar-refractivity contribution < 1.29 is 50.0 Å². The van der Waals surface area contributed by atoms with Gasteiger partial charge in [-0.1, -0.05) is 34.6 Å². The van der Waals surface area contributed by atoms with Gasteiger partial charge in [0.2, 0.25) is 0 Å². The number of aliphatic hydroxyl groups is 7. The minimum atomic E-state index is -1.54. The molecule has 4 aliphatic carbocycles. The molecule has 2 aliphatic heterocycles. The lowest BCUT2D eigenvalue weighted by Crippen LogP contribution is -2.71. The molecule has 0 bridgehead atoms. The molecule has 0 radical (unpaired) electrons. The van der Waals surface area contributed by atoms with E-state index in [0.29, 0.717) is 19.3 Å². The highest BCUT2D eigenvalue weighted by Crippen LogP contribution is 2.76. The molecule has 0 aromatic heterocycles. The Hall–Kier alpha value is -0.400. The van der Waals surface area contributed by atoms with E-state index in [1.54, 1.807) is 13.8 Å². The van der Waals surface area contributed by atoms with Crippen LogP contribution < -0.4 is 0 Å². The summed E-state index contributed by atoms with van der Waals surface area (Å²) >= 11 is 0. The van der Waals surface area contributed by atoms with E-state index < -0.39 is 72.2 Å². The van der Waals surface area contributed by atoms with Gasteiger partial charge in [-0.2, -0.15) is 0 Å². The minimum absolute atomic E-state index is 0.0189. The van der Waals surface area contributed by atoms with Gasteiger partial charge in [-0.15, -0.1) is 0 Å². The molecule has 7 N–H and O–H groups in total. The quantitative estimate of drug-likeness (QED) is 0.219. The third kappa shape index (κ3) is 4.94. The Bertz CT molecular complexity index is 1140. The van der Waals surface area contributed by atoms with Crippen LogP contribution in [0.25, 0.3) is 0 Å². The first kappa shape index (κ1) is 35.4. The molecule has 46 heavy (non-hydrogen) atoms. The van der Waals surface area contributed by atoms with Gasteiger partial charge in [-0.25, -0.2) is 0 Å². The van der Waals surface area contributed by atoms with E-state index in [0.717, 1.165) is 32.1 Å². The molecule has 6 rings (SSSR count). The molecule has 17 atom stereocenters. The van der Waals surface area contributed by atoms with E-state index in [1.165, 1.54) is 0 Å². The van der Waals surface area contributed by atoms with E-state index in [-0.39, 0.29) is 46.0 Å². The molecule has 2 saturated heterocycles. The van der Waals surface area contributed by atoms with Crippen LogP contribution in [0.5, 0.6) is 0 Å². The van der Waals surface area contributed by atoms with Crippen molar-refractivity contribution in [3.05, 3.63) is 0 Å². The molecular formula is C36H62O10. The van der Waals surface area contributed by atoms with Crippen molar-refractivity contribution >= 4 is 0 Å². The summed E-state index contributed by atoms with van der Waals surface area (Å²) < 4.78 is 19.4. The van der Waals surface area contributed by atoms with Crippen LogP contribution in [-0.2, 0) is 14.2 Å². The maximum Gasteiger partial charge on any atom is 0.186 e. The number of fused-ring (bicyclic) bond motifs is 5. The Balaban J connectivity index is 1.38. The largest absolute Gasteiger partial charge is 0.394 e. The first-order chi connectivity index (χ1) is 21.2. The molecule has 10 heteroatoms. The second-order valence-electron chi connectivity index (χ2n) is 18.4. The first-order valence-corrected chi connectivity index (χ1v) is 17.9. The summed E-state index contributed by atoms with van der Waals surface area (Å²) in [7, 11) is 0. The highest BCUT2D eigenvalue weighted by Gasteiger charge is 2.74. The summed E-state index contributed by atoms with van der Waals surface area (Å²) in [4.78, 5) is 0. The first-order valence-electron chi connectivity index (χ1n) is 17.9. The number of ether oxygens (including phenoxy) is 3. The molecule has 6 fully saturated rings. The van der Waals surface area contributed by atoms with Crippen LogP contribution in [0.15, 0.2) is 0 Å². The smallest absolute Gasteiger partial charge is 0.186 e. The third-order valence-corrected chi connectivity index (χ3v) is 15.3. The maximum atomic E-state index is 12.2. The average Bonchev–Trinajstić information content (AvgIpc) is 3.55. The maximum absolute atomic E-state index is 12.2. The van der Waals surface area contributed by atoms with Crippen molar-refractivity contribution in [1.29, 1.82) is 0 Å². The van der Waals surface area contributed by atoms with E-state index >= 15 is 0 Å². The van der Waals surface area contributed by atoms with Crippen LogP contribution in [0.1, 0.15) is 107 Å². The number of aliphatic hydroxyl groups excluding tert-OH is 6. The summed E-state index contributed by atoms with van der Waals surface area (Å²) in [6.07, 6.45) is -2.57. The van der Waals surface area contributed by atoms with Crippen LogP contribution in [0.4, 0.5) is 0 Å². The Morgan fingerprint density at radius 3 is 2.11 bits per heavy atom. The zero-order chi connectivity index (χ0) is 34.0. The van der Waals surface area contributed by atoms with E-state index in [4.69, 9.17) is 14.2 Å². The van der Waals surface area contributed by atoms with Gasteiger partial charge in [0, 0.05) is 0 Å². The van der Waals surface area contributed by atoms with Gasteiger partial charge in [0.1, 0.15) is 24.4 Å². The zero-order valence-corrected chi connectivity index (χ0v) is 29.2. The van der Waals surface area contributed by atoms with Gasteiger partial charge in [0.15, 0.2) is 6.29 Å². The molecule has 6 aliphatic rings. The van der Waals surface area contributed by atoms with E-state index in [1.807, 2.05) is 0 Å². The van der Waals surface area contributed by atoms with Gasteiger partial charge < -0.3 is 50.0 Å². The molecule has 266 valence electrons. The summed E-state index contributed by atoms with van der Waals surface area (Å²) in [5.41, 5.74) is -2.83. The second-order valence-corrected chi connectivity index (χ2v) is 18.4. The molecule has 0 amide bonds. The lowest BCUT2D eigenvalue weighted by Gasteiger charge is -2.72. The zero-order valence-electron chi connectivity index (χ0n) is 29.2. The van der Waals surface area contributed by atoms with Crippen LogP contribution in [0.3, 0.4) is 0 Å². The fourth-order valence-electron chi connectivity index (χ4n) is 12.7. The van der Waals surface area contributed by atoms with Crippen LogP contribution in [0, 0.1) is 45.3 Å². The van der Waals surface area contributed by atoms with Crippen molar-refractivity contribution in [2.45, 2.75) is 173 Å². The van der Waals surface area contributed by atoms with Crippen molar-refractivity contribution in [2.24, 2.45) is 45.3 Å². The fraction of sp³-hybridized carbons (Fsp3) is 1.00. The Kier molecular flexibility index (Phi) is 8.71. The highest BCUT2D eigenvalue weighted by atomic mass is 16.7. The molecule has 2 heterocycles. The Morgan fingerprint density at radius 2 is 1.50 bits per heavy atom. The normalized spacial score (nSPS) is 57.1. The lowest BCUT2D eigenvalue weighted by atomic mass is 9.34. The topological polar surface area (TPSA) is 169 Å². The highest BCUT2D eigenvalue weighted by molar-refractivity contribution is 5.22. The van der Waals surface area contributed by atoms with E-state index in [9.17, 15) is 35.7 Å². The second kappa shape index (κ2) is 11.3. The number of hydrogen-bond acceptors (Lipinski definition) is 10. The number of rotatable bonds is 5. The molecular weight excluding hydrogens is 592 g/mol. The molecule has 0 spiro atoms. The molecule has 4 saturated carbocycles. The lowest BCUT2D eigenvalue weighted by molar-refractivity contribution is -0.347. The molecule has 0 aromatic rings. The number of hydrogen-bond donors (Lipinski definition) is 7. The van der Waals surface area contributed by atoms with Gasteiger partial charge in [0.25, 0.3) is 0 Å². The standard InChI is InChI=1S/C36H62O10/c1-31(2)23(39)10-12-33(5)22-15-19(38)25-18(36(8)14-11-24(46-36)32(3,4)43)9-13-34(25,6)35(22,7)16-20(29(31)33)44-30-28(42)27(41)26(40)21(17-37)45-30/h18-30,37-43H,9-17H2,1-8H3/t18-,19+,20-,21+,22+,23-,24+,25-,26+,27-,28+,29?,30+,33+,34+,35+,36-/m0/s1. The van der Waals surface area contributed by atoms with Crippen LogP contribution in [-0.4, -0.2) is 109 Å². The van der Waals surface area contributed by atoms with Gasteiger partial charge in [-0.05, 0) is 117 Å². The van der Waals surface area contributed by atoms with Gasteiger partial charge >= 0.3 is 0 Å². The molecule has 10 nitrogen and oxygen atoms in total. The summed E-state index contributed by atoms with van der Waals surface area (Å²) in [5.74, 6) is 0.0944. The fourth-order valence-corrected chi connectivity index (χ4v) is 12.7. The van der Waals surface area contributed by atoms with Crippen molar-refractivity contribution in [1.82, 2.24) is 0 Å². The SMILES string of the molecule is CC(C)(O)[C@H]1CC[C@@](C)([C@H]2CC[C@]3(C)[C@@H]2[C@H](O)C[C@@H]2[C@@]4(C)CC[C@H](O)C(C)(C)C4[C@@H](O[C@@H]4O[C@H](CO)[C@@H](O)[C@H](O)[C@H]4O)C[C@]23C)O1. The van der Waals surface area contributed by atoms with E-state index in [2.05, 4.69) is 41.5 Å². The average molecular weight is 655 g/mol. The Labute approximate surface area is 274 Å². The predicted octanol–water partition coefficient (Wildman–Crippen LogP) is 2.51. The molecule has 0 aromatic carbocycles. The van der Waals surface area contributed by atoms with Gasteiger partial charge in [0.05, 0.1) is 42.2 Å². The predicted molar refractivity (Wildman–Crippen MR) is 169 cm³/mol. The summed E-state index contributed by atoms with van der Waals surface area (Å²) in [6, 6.07) is 0. The summed E-state index contributed by atoms with van der Waals surface area (Å²) in [5, 5.41) is 76.4. The van der Waals surface area contributed by atoms with Crippen LogP contribution in [0.2, 0.25) is 0 Å². The van der Waals surface area contributed by atoms with Crippen molar-refractivity contribution in [2.75, 3.05) is 6.61 Å². The van der Waals surface area contributed by atoms with Gasteiger partial charge in [-0.3, -0.25) is 0 Å². The molecule has 1 unspecified atom stereocenters. The van der Waals surface area contributed by atoms with Crippen molar-refractivity contribution in [3.63, 3.8) is 0 Å². The van der Waals surface area contributed by atoms with Crippen LogP contribution >= 0.6 is 0 Å². The summed E-state index contributed by atoms with van der Waals surface area (Å²) in [6.45, 7) is 16.4. The van der Waals surface area contributed by atoms with Crippen molar-refractivity contribution in [3.8, 4) is 0 Å². The monoisotopic (exact) mass is 654 g/mol. The Morgan fingerprint density at radius 1 is 0.826 bits per heavy atom. The third-order valence-electron chi connectivity index (χ3n) is 15.3. The minimum Gasteiger partial charge on any atom is -0.394 e.